The molecule has 0 saturated carbocycles. The smallest absolute Gasteiger partial charge is 0.147 e. The van der Waals surface area contributed by atoms with Crippen LogP contribution in [0.2, 0.25) is 0 Å². The summed E-state index contributed by atoms with van der Waals surface area (Å²) >= 11 is 3.49. The maximum absolute atomic E-state index is 13.7. The predicted molar refractivity (Wildman–Crippen MR) is 77.3 cm³/mol. The Bertz CT molecular complexity index is 647. The van der Waals surface area contributed by atoms with Crippen molar-refractivity contribution in [1.29, 1.82) is 5.26 Å². The van der Waals surface area contributed by atoms with Crippen molar-refractivity contribution in [2.24, 2.45) is 0 Å². The minimum Gasteiger partial charge on any atom is -0.379 e. The second-order valence-electron chi connectivity index (χ2n) is 4.25. The van der Waals surface area contributed by atoms with Crippen molar-refractivity contribution in [3.63, 3.8) is 0 Å². The fourth-order valence-corrected chi connectivity index (χ4v) is 2.35. The molecule has 0 amide bonds. The summed E-state index contributed by atoms with van der Waals surface area (Å²) in [6.45, 7) is 2.53. The third-order valence-electron chi connectivity index (χ3n) is 2.78. The number of nitriles is 1. The molecule has 19 heavy (non-hydrogen) atoms. The summed E-state index contributed by atoms with van der Waals surface area (Å²) in [6.07, 6.45) is 0. The average molecular weight is 319 g/mol. The van der Waals surface area contributed by atoms with E-state index in [-0.39, 0.29) is 0 Å². The van der Waals surface area contributed by atoms with E-state index in [1.807, 2.05) is 31.2 Å². The molecular weight excluding hydrogens is 307 g/mol. The standard InChI is InChI=1S/C15H12BrFN2/c1-10-2-4-12(13(16)6-10)9-19-15-5-3-11(8-18)7-14(15)17/h2-7,19H,9H2,1H3. The molecule has 0 bridgehead atoms. The number of hydrogen-bond donors (Lipinski definition) is 1. The molecule has 0 fully saturated rings. The van der Waals surface area contributed by atoms with Gasteiger partial charge in [-0.3, -0.25) is 0 Å². The zero-order chi connectivity index (χ0) is 13.8. The Morgan fingerprint density at radius 2 is 2.05 bits per heavy atom. The Morgan fingerprint density at radius 3 is 2.68 bits per heavy atom. The number of rotatable bonds is 3. The zero-order valence-electron chi connectivity index (χ0n) is 10.4. The molecule has 1 N–H and O–H groups in total. The molecule has 0 heterocycles. The van der Waals surface area contributed by atoms with E-state index < -0.39 is 5.82 Å². The second kappa shape index (κ2) is 5.85. The van der Waals surface area contributed by atoms with Gasteiger partial charge in [0.2, 0.25) is 0 Å². The number of aryl methyl sites for hydroxylation is 1. The van der Waals surface area contributed by atoms with E-state index in [2.05, 4.69) is 21.2 Å². The molecule has 2 aromatic carbocycles. The fraction of sp³-hybridized carbons (Fsp3) is 0.133. The number of nitrogens with zero attached hydrogens (tertiary/aromatic N) is 1. The molecule has 2 aromatic rings. The largest absolute Gasteiger partial charge is 0.379 e. The van der Waals surface area contributed by atoms with Crippen LogP contribution in [-0.4, -0.2) is 0 Å². The quantitative estimate of drug-likeness (QED) is 0.911. The molecule has 0 aliphatic rings. The van der Waals surface area contributed by atoms with Gasteiger partial charge in [-0.15, -0.1) is 0 Å². The fourth-order valence-electron chi connectivity index (χ4n) is 1.71. The lowest BCUT2D eigenvalue weighted by Crippen LogP contribution is -2.02. The highest BCUT2D eigenvalue weighted by atomic mass is 79.9. The minimum absolute atomic E-state index is 0.319. The highest BCUT2D eigenvalue weighted by Crippen LogP contribution is 2.21. The van der Waals surface area contributed by atoms with Crippen molar-refractivity contribution in [3.8, 4) is 6.07 Å². The Labute approximate surface area is 120 Å². The molecule has 0 atom stereocenters. The first-order valence-electron chi connectivity index (χ1n) is 5.78. The third-order valence-corrected chi connectivity index (χ3v) is 3.51. The van der Waals surface area contributed by atoms with Gasteiger partial charge in [0.1, 0.15) is 5.82 Å². The molecule has 4 heteroatoms. The van der Waals surface area contributed by atoms with E-state index >= 15 is 0 Å². The molecule has 0 radical (unpaired) electrons. The molecule has 2 nitrogen and oxygen atoms in total. The Balaban J connectivity index is 2.13. The van der Waals surface area contributed by atoms with Crippen LogP contribution >= 0.6 is 15.9 Å². The molecule has 0 aliphatic carbocycles. The van der Waals surface area contributed by atoms with Crippen LogP contribution < -0.4 is 5.32 Å². The van der Waals surface area contributed by atoms with Gasteiger partial charge in [0.05, 0.1) is 17.3 Å². The van der Waals surface area contributed by atoms with Crippen molar-refractivity contribution < 1.29 is 4.39 Å². The van der Waals surface area contributed by atoms with Gasteiger partial charge in [0, 0.05) is 11.0 Å². The Morgan fingerprint density at radius 1 is 1.26 bits per heavy atom. The maximum atomic E-state index is 13.7. The first kappa shape index (κ1) is 13.6. The van der Waals surface area contributed by atoms with Crippen LogP contribution in [0, 0.1) is 24.1 Å². The lowest BCUT2D eigenvalue weighted by molar-refractivity contribution is 0.629. The van der Waals surface area contributed by atoms with E-state index in [4.69, 9.17) is 5.26 Å². The Kier molecular flexibility index (Phi) is 4.18. The van der Waals surface area contributed by atoms with Crippen LogP contribution in [0.25, 0.3) is 0 Å². The van der Waals surface area contributed by atoms with E-state index in [0.29, 0.717) is 17.8 Å². The van der Waals surface area contributed by atoms with Crippen LogP contribution in [0.5, 0.6) is 0 Å². The maximum Gasteiger partial charge on any atom is 0.147 e. The van der Waals surface area contributed by atoms with Gasteiger partial charge in [0.15, 0.2) is 0 Å². The molecule has 0 saturated heterocycles. The second-order valence-corrected chi connectivity index (χ2v) is 5.11. The summed E-state index contributed by atoms with van der Waals surface area (Å²) in [7, 11) is 0. The van der Waals surface area contributed by atoms with Gasteiger partial charge >= 0.3 is 0 Å². The highest BCUT2D eigenvalue weighted by Gasteiger charge is 2.05. The summed E-state index contributed by atoms with van der Waals surface area (Å²) < 4.78 is 14.7. The van der Waals surface area contributed by atoms with Gasteiger partial charge in [0.25, 0.3) is 0 Å². The molecule has 2 rings (SSSR count). The van der Waals surface area contributed by atoms with Crippen molar-refractivity contribution >= 4 is 21.6 Å². The topological polar surface area (TPSA) is 35.8 Å². The average Bonchev–Trinajstić information content (AvgIpc) is 2.39. The molecule has 0 aliphatic heterocycles. The van der Waals surface area contributed by atoms with Crippen LogP contribution in [0.1, 0.15) is 16.7 Å². The highest BCUT2D eigenvalue weighted by molar-refractivity contribution is 9.10. The van der Waals surface area contributed by atoms with Crippen molar-refractivity contribution in [2.45, 2.75) is 13.5 Å². The number of anilines is 1. The van der Waals surface area contributed by atoms with Crippen molar-refractivity contribution in [2.75, 3.05) is 5.32 Å². The zero-order valence-corrected chi connectivity index (χ0v) is 12.0. The van der Waals surface area contributed by atoms with E-state index in [1.165, 1.54) is 11.6 Å². The monoisotopic (exact) mass is 318 g/mol. The molecule has 0 spiro atoms. The molecular formula is C15H12BrFN2. The third kappa shape index (κ3) is 3.33. The molecule has 0 unspecified atom stereocenters. The van der Waals surface area contributed by atoms with Crippen LogP contribution in [0.4, 0.5) is 10.1 Å². The Hall–Kier alpha value is -1.86. The summed E-state index contributed by atoms with van der Waals surface area (Å²) in [5.74, 6) is -0.415. The first-order valence-corrected chi connectivity index (χ1v) is 6.58. The summed E-state index contributed by atoms with van der Waals surface area (Å²) in [5.41, 5.74) is 2.93. The van der Waals surface area contributed by atoms with Gasteiger partial charge < -0.3 is 5.32 Å². The summed E-state index contributed by atoms with van der Waals surface area (Å²) in [5, 5.41) is 11.7. The number of nitrogens with one attached hydrogen (secondary N) is 1. The first-order chi connectivity index (χ1) is 9.10. The number of halogens is 2. The van der Waals surface area contributed by atoms with Crippen LogP contribution in [0.15, 0.2) is 40.9 Å². The summed E-state index contributed by atoms with van der Waals surface area (Å²) in [4.78, 5) is 0. The van der Waals surface area contributed by atoms with Crippen molar-refractivity contribution in [1.82, 2.24) is 0 Å². The normalized spacial score (nSPS) is 10.0. The van der Waals surface area contributed by atoms with Crippen molar-refractivity contribution in [3.05, 3.63) is 63.4 Å². The van der Waals surface area contributed by atoms with Gasteiger partial charge in [-0.25, -0.2) is 4.39 Å². The SMILES string of the molecule is Cc1ccc(CNc2ccc(C#N)cc2F)c(Br)c1. The minimum atomic E-state index is -0.415. The molecule has 96 valence electrons. The number of hydrogen-bond acceptors (Lipinski definition) is 2. The van der Waals surface area contributed by atoms with Gasteiger partial charge in [-0.1, -0.05) is 28.1 Å². The van der Waals surface area contributed by atoms with Gasteiger partial charge in [-0.05, 0) is 42.3 Å². The van der Waals surface area contributed by atoms with E-state index in [0.717, 1.165) is 10.0 Å². The lowest BCUT2D eigenvalue weighted by atomic mass is 10.1. The van der Waals surface area contributed by atoms with Crippen LogP contribution in [0.3, 0.4) is 0 Å². The van der Waals surface area contributed by atoms with Crippen LogP contribution in [-0.2, 0) is 6.54 Å². The number of benzene rings is 2. The van der Waals surface area contributed by atoms with E-state index in [9.17, 15) is 4.39 Å². The predicted octanol–water partition coefficient (Wildman–Crippen LogP) is 4.38. The lowest BCUT2D eigenvalue weighted by Gasteiger charge is -2.10. The van der Waals surface area contributed by atoms with E-state index in [1.54, 1.807) is 12.1 Å². The molecule has 0 aromatic heterocycles. The van der Waals surface area contributed by atoms with Gasteiger partial charge in [-0.2, -0.15) is 5.26 Å². The summed E-state index contributed by atoms with van der Waals surface area (Å²) in [6, 6.07) is 12.3.